The van der Waals surface area contributed by atoms with Gasteiger partial charge in [-0.2, -0.15) is 0 Å². The molecule has 0 aliphatic heterocycles. The fourth-order valence-electron chi connectivity index (χ4n) is 0.810. The smallest absolute Gasteiger partial charge is 0.160 e. The number of hydrogen-bond acceptors (Lipinski definition) is 1. The molecule has 0 aromatic rings. The predicted molar refractivity (Wildman–Crippen MR) is 53.0 cm³/mol. The van der Waals surface area contributed by atoms with E-state index in [4.69, 9.17) is 0 Å². The lowest BCUT2D eigenvalue weighted by molar-refractivity contribution is -0.113. The monoisotopic (exact) mass is 164 g/mol. The molecule has 1 heteroatoms. The van der Waals surface area contributed by atoms with Gasteiger partial charge in [0.1, 0.15) is 0 Å². The van der Waals surface area contributed by atoms with Crippen LogP contribution in [0.4, 0.5) is 0 Å². The Morgan fingerprint density at radius 3 is 1.83 bits per heavy atom. The first-order valence-electron chi connectivity index (χ1n) is 3.97. The highest BCUT2D eigenvalue weighted by Gasteiger charge is 2.01. The molecule has 1 nitrogen and oxygen atoms in total. The minimum atomic E-state index is 0.0694. The number of allylic oxidation sites excluding steroid dienone is 5. The van der Waals surface area contributed by atoms with Crippen LogP contribution in [0.15, 0.2) is 35.5 Å². The van der Waals surface area contributed by atoms with Gasteiger partial charge < -0.3 is 0 Å². The van der Waals surface area contributed by atoms with E-state index in [-0.39, 0.29) is 5.78 Å². The molecule has 0 radical (unpaired) electrons. The van der Waals surface area contributed by atoms with Crippen molar-refractivity contribution >= 4 is 5.78 Å². The van der Waals surface area contributed by atoms with Crippen LogP contribution in [0, 0.1) is 0 Å². The van der Waals surface area contributed by atoms with E-state index in [1.165, 1.54) is 5.57 Å². The first-order chi connectivity index (χ1) is 5.45. The summed E-state index contributed by atoms with van der Waals surface area (Å²) in [5, 5.41) is 0. The fourth-order valence-corrected chi connectivity index (χ4v) is 0.810. The molecule has 0 rings (SSSR count). The number of carbonyl (C=O) groups is 1. The van der Waals surface area contributed by atoms with Gasteiger partial charge in [-0.05, 0) is 33.3 Å². The van der Waals surface area contributed by atoms with Gasteiger partial charge in [0, 0.05) is 5.57 Å². The van der Waals surface area contributed by atoms with Crippen molar-refractivity contribution in [2.45, 2.75) is 27.7 Å². The second-order valence-corrected chi connectivity index (χ2v) is 3.16. The SMILES string of the molecule is C=C(C)/C(=C\C=C(C)C)C(C)=O. The molecular formula is C11H16O. The van der Waals surface area contributed by atoms with Gasteiger partial charge in [-0.15, -0.1) is 0 Å². The Morgan fingerprint density at radius 2 is 1.58 bits per heavy atom. The van der Waals surface area contributed by atoms with E-state index in [9.17, 15) is 4.79 Å². The highest BCUT2D eigenvalue weighted by molar-refractivity contribution is 5.97. The number of ketones is 1. The lowest BCUT2D eigenvalue weighted by Crippen LogP contribution is -1.96. The van der Waals surface area contributed by atoms with Crippen molar-refractivity contribution in [3.63, 3.8) is 0 Å². The van der Waals surface area contributed by atoms with Crippen molar-refractivity contribution in [1.29, 1.82) is 0 Å². The zero-order chi connectivity index (χ0) is 9.72. The van der Waals surface area contributed by atoms with Crippen molar-refractivity contribution in [2.24, 2.45) is 0 Å². The number of hydrogen-bond donors (Lipinski definition) is 0. The molecule has 0 bridgehead atoms. The van der Waals surface area contributed by atoms with Gasteiger partial charge in [0.2, 0.25) is 0 Å². The van der Waals surface area contributed by atoms with Crippen LogP contribution in [0.3, 0.4) is 0 Å². The second kappa shape index (κ2) is 4.70. The average molecular weight is 164 g/mol. The van der Waals surface area contributed by atoms with Crippen molar-refractivity contribution in [1.82, 2.24) is 0 Å². The molecule has 0 unspecified atom stereocenters. The second-order valence-electron chi connectivity index (χ2n) is 3.16. The van der Waals surface area contributed by atoms with E-state index >= 15 is 0 Å². The molecule has 0 saturated heterocycles. The third kappa shape index (κ3) is 3.91. The van der Waals surface area contributed by atoms with Gasteiger partial charge >= 0.3 is 0 Å². The van der Waals surface area contributed by atoms with Crippen molar-refractivity contribution in [3.05, 3.63) is 35.5 Å². The van der Waals surface area contributed by atoms with E-state index in [1.807, 2.05) is 32.9 Å². The Balaban J connectivity index is 4.75. The predicted octanol–water partition coefficient (Wildman–Crippen LogP) is 3.04. The van der Waals surface area contributed by atoms with Gasteiger partial charge in [0.25, 0.3) is 0 Å². The molecule has 0 fully saturated rings. The summed E-state index contributed by atoms with van der Waals surface area (Å²) >= 11 is 0. The van der Waals surface area contributed by atoms with Crippen LogP contribution >= 0.6 is 0 Å². The lowest BCUT2D eigenvalue weighted by atomic mass is 10.1. The summed E-state index contributed by atoms with van der Waals surface area (Å²) < 4.78 is 0. The van der Waals surface area contributed by atoms with Crippen LogP contribution in [0.25, 0.3) is 0 Å². The molecule has 0 aliphatic carbocycles. The Bertz CT molecular complexity index is 234. The quantitative estimate of drug-likeness (QED) is 0.463. The molecule has 0 heterocycles. The standard InChI is InChI=1S/C11H16O/c1-8(2)6-7-11(9(3)4)10(5)12/h6-7H,3H2,1-2,4-5H3/b11-7+. The van der Waals surface area contributed by atoms with Crippen LogP contribution in [-0.2, 0) is 4.79 Å². The van der Waals surface area contributed by atoms with Crippen molar-refractivity contribution in [3.8, 4) is 0 Å². The molecule has 0 aromatic heterocycles. The Kier molecular flexibility index (Phi) is 4.27. The Morgan fingerprint density at radius 1 is 1.08 bits per heavy atom. The maximum Gasteiger partial charge on any atom is 0.160 e. The first-order valence-corrected chi connectivity index (χ1v) is 3.97. The zero-order valence-corrected chi connectivity index (χ0v) is 8.27. The van der Waals surface area contributed by atoms with Crippen LogP contribution in [0.2, 0.25) is 0 Å². The summed E-state index contributed by atoms with van der Waals surface area (Å²) in [5.74, 6) is 0.0694. The summed E-state index contributed by atoms with van der Waals surface area (Å²) in [7, 11) is 0. The van der Waals surface area contributed by atoms with Crippen LogP contribution < -0.4 is 0 Å². The fraction of sp³-hybridized carbons (Fsp3) is 0.364. The summed E-state index contributed by atoms with van der Waals surface area (Å²) in [6.45, 7) is 11.1. The zero-order valence-electron chi connectivity index (χ0n) is 8.27. The molecule has 66 valence electrons. The van der Waals surface area contributed by atoms with Gasteiger partial charge in [0.05, 0.1) is 0 Å². The molecule has 0 amide bonds. The van der Waals surface area contributed by atoms with E-state index in [1.54, 1.807) is 6.92 Å². The molecule has 0 aliphatic rings. The minimum Gasteiger partial charge on any atom is -0.295 e. The summed E-state index contributed by atoms with van der Waals surface area (Å²) in [6.07, 6.45) is 3.74. The lowest BCUT2D eigenvalue weighted by Gasteiger charge is -1.99. The average Bonchev–Trinajstić information content (AvgIpc) is 1.84. The van der Waals surface area contributed by atoms with E-state index in [0.29, 0.717) is 5.57 Å². The molecular weight excluding hydrogens is 148 g/mol. The maximum absolute atomic E-state index is 11.0. The summed E-state index contributed by atoms with van der Waals surface area (Å²) in [6, 6.07) is 0. The van der Waals surface area contributed by atoms with E-state index < -0.39 is 0 Å². The minimum absolute atomic E-state index is 0.0694. The van der Waals surface area contributed by atoms with Crippen LogP contribution in [0.1, 0.15) is 27.7 Å². The Hall–Kier alpha value is -1.11. The number of rotatable bonds is 3. The summed E-state index contributed by atoms with van der Waals surface area (Å²) in [5.41, 5.74) is 2.70. The molecule has 0 N–H and O–H groups in total. The maximum atomic E-state index is 11.0. The van der Waals surface area contributed by atoms with Gasteiger partial charge in [-0.25, -0.2) is 0 Å². The topological polar surface area (TPSA) is 17.1 Å². The van der Waals surface area contributed by atoms with Crippen molar-refractivity contribution in [2.75, 3.05) is 0 Å². The van der Waals surface area contributed by atoms with Gasteiger partial charge in [0.15, 0.2) is 5.78 Å². The highest BCUT2D eigenvalue weighted by Crippen LogP contribution is 2.08. The van der Waals surface area contributed by atoms with E-state index in [0.717, 1.165) is 5.57 Å². The van der Waals surface area contributed by atoms with Gasteiger partial charge in [-0.3, -0.25) is 4.79 Å². The van der Waals surface area contributed by atoms with E-state index in [2.05, 4.69) is 6.58 Å². The van der Waals surface area contributed by atoms with Gasteiger partial charge in [-0.1, -0.05) is 24.3 Å². The first kappa shape index (κ1) is 10.9. The third-order valence-electron chi connectivity index (χ3n) is 1.42. The normalized spacial score (nSPS) is 10.8. The molecule has 0 spiro atoms. The summed E-state index contributed by atoms with van der Waals surface area (Å²) in [4.78, 5) is 11.0. The largest absolute Gasteiger partial charge is 0.295 e. The van der Waals surface area contributed by atoms with Crippen molar-refractivity contribution < 1.29 is 4.79 Å². The highest BCUT2D eigenvalue weighted by atomic mass is 16.1. The molecule has 0 atom stereocenters. The van der Waals surface area contributed by atoms with Crippen LogP contribution in [-0.4, -0.2) is 5.78 Å². The number of Topliss-reactive ketones (excluding diaryl/α,β-unsaturated/α-hetero) is 1. The molecule has 0 saturated carbocycles. The Labute approximate surface area is 74.5 Å². The molecule has 12 heavy (non-hydrogen) atoms. The molecule has 0 aromatic carbocycles. The number of carbonyl (C=O) groups excluding carboxylic acids is 1. The van der Waals surface area contributed by atoms with Crippen LogP contribution in [0.5, 0.6) is 0 Å². The third-order valence-corrected chi connectivity index (χ3v) is 1.42.